The topological polar surface area (TPSA) is 112 Å². The number of carbonyl (C=O) groups is 2. The van der Waals surface area contributed by atoms with Crippen LogP contribution in [-0.2, 0) is 9.53 Å². The molecule has 1 saturated heterocycles. The summed E-state index contributed by atoms with van der Waals surface area (Å²) in [5.74, 6) is -4.19. The highest BCUT2D eigenvalue weighted by Gasteiger charge is 2.48. The lowest BCUT2D eigenvalue weighted by Gasteiger charge is -2.31. The summed E-state index contributed by atoms with van der Waals surface area (Å²) in [6.45, 7) is 4.03. The second-order valence-electron chi connectivity index (χ2n) is 10.6. The van der Waals surface area contributed by atoms with Crippen molar-refractivity contribution in [3.05, 3.63) is 30.0 Å². The van der Waals surface area contributed by atoms with Crippen molar-refractivity contribution in [1.29, 1.82) is 0 Å². The number of rotatable bonds is 9. The lowest BCUT2D eigenvalue weighted by atomic mass is 10.1. The maximum absolute atomic E-state index is 14.9. The number of amides is 2. The Morgan fingerprint density at radius 2 is 1.98 bits per heavy atom. The number of nitrogens with zero attached hydrogens (tertiary/aromatic N) is 5. The largest absolute Gasteiger partial charge is 0.495 e. The van der Waals surface area contributed by atoms with E-state index >= 15 is 0 Å². The highest BCUT2D eigenvalue weighted by Crippen LogP contribution is 2.40. The molecule has 1 aliphatic carbocycles. The molecule has 0 atom stereocenters. The normalized spacial score (nSPS) is 19.6. The van der Waals surface area contributed by atoms with Crippen LogP contribution >= 0.6 is 0 Å². The molecule has 13 heteroatoms. The van der Waals surface area contributed by atoms with Crippen molar-refractivity contribution in [3.8, 4) is 5.75 Å². The zero-order chi connectivity index (χ0) is 29.0. The number of alkyl halides is 2. The monoisotopic (exact) mass is 573 g/mol. The van der Waals surface area contributed by atoms with Gasteiger partial charge in [-0.15, -0.1) is 0 Å². The van der Waals surface area contributed by atoms with Crippen LogP contribution in [0.2, 0.25) is 0 Å². The van der Waals surface area contributed by atoms with E-state index in [2.05, 4.69) is 25.5 Å². The zero-order valence-corrected chi connectivity index (χ0v) is 23.5. The quantitative estimate of drug-likeness (QED) is 0.437. The predicted molar refractivity (Wildman–Crippen MR) is 150 cm³/mol. The molecular weight excluding hydrogens is 536 g/mol. The number of anilines is 4. The van der Waals surface area contributed by atoms with E-state index in [0.29, 0.717) is 23.5 Å². The lowest BCUT2D eigenvalue weighted by Crippen LogP contribution is -2.48. The van der Waals surface area contributed by atoms with Crippen LogP contribution < -0.4 is 25.2 Å². The molecule has 222 valence electrons. The summed E-state index contributed by atoms with van der Waals surface area (Å²) in [6.07, 6.45) is 5.61. The molecule has 1 saturated carbocycles. The summed E-state index contributed by atoms with van der Waals surface area (Å²) in [5.41, 5.74) is 1.18. The number of morpholine rings is 1. The molecular formula is C28H37F2N7O4. The first kappa shape index (κ1) is 28.9. The molecule has 0 unspecified atom stereocenters. The Kier molecular flexibility index (Phi) is 8.83. The molecule has 1 aromatic carbocycles. The molecule has 0 bridgehead atoms. The van der Waals surface area contributed by atoms with Gasteiger partial charge in [0.15, 0.2) is 5.82 Å². The van der Waals surface area contributed by atoms with E-state index in [4.69, 9.17) is 9.47 Å². The summed E-state index contributed by atoms with van der Waals surface area (Å²) in [7, 11) is 2.81. The molecule has 0 radical (unpaired) electrons. The highest BCUT2D eigenvalue weighted by atomic mass is 19.3. The molecule has 1 aromatic heterocycles. The van der Waals surface area contributed by atoms with Gasteiger partial charge in [-0.05, 0) is 44.0 Å². The average molecular weight is 574 g/mol. The SMILES string of the molecule is COc1cc(C(=O)NCCCN2CCOCC2)ccc1Nc1ncc2c(n1)N(C1CCCC1)CC(F)(F)C(=O)N2C. The molecule has 2 aromatic rings. The van der Waals surface area contributed by atoms with Gasteiger partial charge in [0.05, 0.1) is 38.8 Å². The van der Waals surface area contributed by atoms with Crippen molar-refractivity contribution in [1.82, 2.24) is 20.2 Å². The van der Waals surface area contributed by atoms with Gasteiger partial charge in [0.1, 0.15) is 11.4 Å². The van der Waals surface area contributed by atoms with Crippen LogP contribution in [0.3, 0.4) is 0 Å². The van der Waals surface area contributed by atoms with Gasteiger partial charge < -0.3 is 29.9 Å². The first-order valence-corrected chi connectivity index (χ1v) is 14.1. The number of benzene rings is 1. The number of hydrogen-bond donors (Lipinski definition) is 2. The van der Waals surface area contributed by atoms with Gasteiger partial charge in [-0.3, -0.25) is 14.5 Å². The lowest BCUT2D eigenvalue weighted by molar-refractivity contribution is -0.140. The van der Waals surface area contributed by atoms with Crippen LogP contribution in [0, 0.1) is 0 Å². The minimum Gasteiger partial charge on any atom is -0.495 e. The smallest absolute Gasteiger partial charge is 0.342 e. The van der Waals surface area contributed by atoms with Crippen molar-refractivity contribution in [2.24, 2.45) is 0 Å². The van der Waals surface area contributed by atoms with E-state index < -0.39 is 18.4 Å². The van der Waals surface area contributed by atoms with Gasteiger partial charge in [-0.1, -0.05) is 12.8 Å². The Balaban J connectivity index is 1.30. The Bertz CT molecular complexity index is 1250. The average Bonchev–Trinajstić information content (AvgIpc) is 3.51. The van der Waals surface area contributed by atoms with Crippen LogP contribution in [0.25, 0.3) is 0 Å². The molecule has 0 spiro atoms. The Hall–Kier alpha value is -3.58. The summed E-state index contributed by atoms with van der Waals surface area (Å²) in [5, 5.41) is 6.04. The fourth-order valence-corrected chi connectivity index (χ4v) is 5.59. The van der Waals surface area contributed by atoms with Crippen molar-refractivity contribution in [2.45, 2.75) is 44.1 Å². The molecule has 2 fully saturated rings. The first-order chi connectivity index (χ1) is 19.8. The van der Waals surface area contributed by atoms with Crippen molar-refractivity contribution >= 4 is 35.0 Å². The third-order valence-electron chi connectivity index (χ3n) is 7.89. The summed E-state index contributed by atoms with van der Waals surface area (Å²) in [4.78, 5) is 39.0. The number of aromatic nitrogens is 2. The van der Waals surface area contributed by atoms with Gasteiger partial charge in [0, 0.05) is 38.3 Å². The van der Waals surface area contributed by atoms with Gasteiger partial charge in [0.2, 0.25) is 5.95 Å². The van der Waals surface area contributed by atoms with E-state index in [0.717, 1.165) is 69.9 Å². The van der Waals surface area contributed by atoms with Crippen LogP contribution in [0.1, 0.15) is 42.5 Å². The molecule has 5 rings (SSSR count). The summed E-state index contributed by atoms with van der Waals surface area (Å²) in [6, 6.07) is 4.85. The number of halogens is 2. The molecule has 3 aliphatic rings. The minimum atomic E-state index is -3.55. The van der Waals surface area contributed by atoms with Gasteiger partial charge in [-0.25, -0.2) is 4.98 Å². The van der Waals surface area contributed by atoms with E-state index in [1.165, 1.54) is 20.4 Å². The van der Waals surface area contributed by atoms with Crippen LogP contribution in [0.15, 0.2) is 24.4 Å². The van der Waals surface area contributed by atoms with E-state index in [1.807, 2.05) is 0 Å². The van der Waals surface area contributed by atoms with Gasteiger partial charge in [0.25, 0.3) is 11.8 Å². The van der Waals surface area contributed by atoms with Crippen LogP contribution in [0.4, 0.5) is 31.9 Å². The molecule has 2 amide bonds. The summed E-state index contributed by atoms with van der Waals surface area (Å²) < 4.78 is 40.6. The summed E-state index contributed by atoms with van der Waals surface area (Å²) >= 11 is 0. The molecule has 11 nitrogen and oxygen atoms in total. The number of methoxy groups -OCH3 is 1. The van der Waals surface area contributed by atoms with E-state index in [1.54, 1.807) is 23.1 Å². The molecule has 41 heavy (non-hydrogen) atoms. The maximum Gasteiger partial charge on any atom is 0.342 e. The second kappa shape index (κ2) is 12.5. The second-order valence-corrected chi connectivity index (χ2v) is 10.6. The van der Waals surface area contributed by atoms with Gasteiger partial charge >= 0.3 is 5.92 Å². The van der Waals surface area contributed by atoms with Crippen LogP contribution in [-0.4, -0.2) is 98.7 Å². The minimum absolute atomic E-state index is 0.136. The molecule has 2 N–H and O–H groups in total. The van der Waals surface area contributed by atoms with E-state index in [9.17, 15) is 18.4 Å². The van der Waals surface area contributed by atoms with Crippen molar-refractivity contribution < 1.29 is 27.8 Å². The standard InChI is InChI=1S/C28H37F2N7O4/c1-35-22-17-32-27(34-24(22)37(20-6-3-4-7-20)18-28(29,30)26(35)39)33-21-9-8-19(16-23(21)40-2)25(38)31-10-5-11-36-12-14-41-15-13-36/h8-9,16-17,20H,3-7,10-15,18H2,1-2H3,(H,31,38)(H,32,33,34). The fraction of sp³-hybridized carbons (Fsp3) is 0.571. The number of carbonyl (C=O) groups excluding carboxylic acids is 2. The van der Waals surface area contributed by atoms with Crippen LogP contribution in [0.5, 0.6) is 5.75 Å². The zero-order valence-electron chi connectivity index (χ0n) is 23.5. The molecule has 3 heterocycles. The Morgan fingerprint density at radius 1 is 1.22 bits per heavy atom. The number of hydrogen-bond acceptors (Lipinski definition) is 9. The third-order valence-corrected chi connectivity index (χ3v) is 7.89. The first-order valence-electron chi connectivity index (χ1n) is 14.1. The number of nitrogens with one attached hydrogen (secondary N) is 2. The van der Waals surface area contributed by atoms with Gasteiger partial charge in [-0.2, -0.15) is 13.8 Å². The number of fused-ring (bicyclic) bond motifs is 1. The van der Waals surface area contributed by atoms with E-state index in [-0.39, 0.29) is 29.4 Å². The predicted octanol–water partition coefficient (Wildman–Crippen LogP) is 3.04. The van der Waals surface area contributed by atoms with Crippen molar-refractivity contribution in [3.63, 3.8) is 0 Å². The third kappa shape index (κ3) is 6.51. The Labute approximate surface area is 238 Å². The molecule has 2 aliphatic heterocycles. The van der Waals surface area contributed by atoms with Crippen molar-refractivity contribution in [2.75, 3.05) is 75.2 Å². The maximum atomic E-state index is 14.9. The number of ether oxygens (including phenoxy) is 2. The Morgan fingerprint density at radius 3 is 2.71 bits per heavy atom. The fourth-order valence-electron chi connectivity index (χ4n) is 5.59. The highest BCUT2D eigenvalue weighted by molar-refractivity contribution is 6.02.